The molecular weight excluding hydrogens is 242 g/mol. The lowest BCUT2D eigenvalue weighted by Gasteiger charge is -2.19. The molecule has 1 aromatic heterocycles. The molecule has 1 aliphatic rings. The van der Waals surface area contributed by atoms with Crippen LogP contribution >= 0.6 is 0 Å². The zero-order chi connectivity index (χ0) is 13.7. The van der Waals surface area contributed by atoms with E-state index >= 15 is 0 Å². The van der Waals surface area contributed by atoms with Crippen molar-refractivity contribution < 1.29 is 9.90 Å². The van der Waals surface area contributed by atoms with Gasteiger partial charge in [0, 0.05) is 6.20 Å². The van der Waals surface area contributed by atoms with Gasteiger partial charge in [0.1, 0.15) is 5.69 Å². The molecule has 19 heavy (non-hydrogen) atoms. The lowest BCUT2D eigenvalue weighted by molar-refractivity contribution is 0.0901. The fraction of sp³-hybridized carbons (Fsp3) is 0.643. The second kappa shape index (κ2) is 6.61. The maximum absolute atomic E-state index is 12.0. The van der Waals surface area contributed by atoms with Crippen molar-refractivity contribution in [2.45, 2.75) is 45.1 Å². The van der Waals surface area contributed by atoms with E-state index in [0.29, 0.717) is 11.6 Å². The highest BCUT2D eigenvalue weighted by Crippen LogP contribution is 2.28. The van der Waals surface area contributed by atoms with Crippen molar-refractivity contribution in [3.8, 4) is 0 Å². The first-order valence-electron chi connectivity index (χ1n) is 6.89. The van der Waals surface area contributed by atoms with E-state index in [9.17, 15) is 9.90 Å². The average Bonchev–Trinajstić information content (AvgIpc) is 2.91. The van der Waals surface area contributed by atoms with Crippen molar-refractivity contribution >= 4 is 5.91 Å². The fourth-order valence-electron chi connectivity index (χ4n) is 2.60. The minimum absolute atomic E-state index is 0.0263. The molecule has 0 saturated heterocycles. The SMILES string of the molecule is Cc1cnc(C(=O)N[C@H](CO)CC2CCCC2)cn1. The Morgan fingerprint density at radius 2 is 2.16 bits per heavy atom. The smallest absolute Gasteiger partial charge is 0.271 e. The van der Waals surface area contributed by atoms with Crippen LogP contribution in [0.1, 0.15) is 48.3 Å². The molecule has 0 unspecified atom stereocenters. The van der Waals surface area contributed by atoms with Crippen LogP contribution < -0.4 is 5.32 Å². The molecule has 1 fully saturated rings. The second-order valence-electron chi connectivity index (χ2n) is 5.28. The van der Waals surface area contributed by atoms with Crippen LogP contribution in [-0.2, 0) is 0 Å². The summed E-state index contributed by atoms with van der Waals surface area (Å²) in [6.45, 7) is 1.80. The molecule has 0 aromatic carbocycles. The van der Waals surface area contributed by atoms with Crippen molar-refractivity contribution in [2.24, 2.45) is 5.92 Å². The van der Waals surface area contributed by atoms with Gasteiger partial charge in [-0.1, -0.05) is 25.7 Å². The van der Waals surface area contributed by atoms with Crippen molar-refractivity contribution in [1.82, 2.24) is 15.3 Å². The van der Waals surface area contributed by atoms with Gasteiger partial charge in [0.15, 0.2) is 0 Å². The van der Waals surface area contributed by atoms with E-state index in [1.807, 2.05) is 6.92 Å². The molecule has 0 radical (unpaired) electrons. The van der Waals surface area contributed by atoms with E-state index in [-0.39, 0.29) is 18.6 Å². The van der Waals surface area contributed by atoms with E-state index < -0.39 is 0 Å². The van der Waals surface area contributed by atoms with Gasteiger partial charge >= 0.3 is 0 Å². The maximum Gasteiger partial charge on any atom is 0.271 e. The third-order valence-corrected chi connectivity index (χ3v) is 3.66. The Morgan fingerprint density at radius 3 is 2.74 bits per heavy atom. The van der Waals surface area contributed by atoms with Gasteiger partial charge in [0.25, 0.3) is 5.91 Å². The topological polar surface area (TPSA) is 75.1 Å². The molecule has 1 saturated carbocycles. The predicted molar refractivity (Wildman–Crippen MR) is 71.7 cm³/mol. The van der Waals surface area contributed by atoms with Gasteiger partial charge in [-0.3, -0.25) is 9.78 Å². The van der Waals surface area contributed by atoms with Crippen LogP contribution in [0.15, 0.2) is 12.4 Å². The van der Waals surface area contributed by atoms with Crippen LogP contribution in [0.25, 0.3) is 0 Å². The molecule has 5 nitrogen and oxygen atoms in total. The highest BCUT2D eigenvalue weighted by atomic mass is 16.3. The fourth-order valence-corrected chi connectivity index (χ4v) is 2.60. The monoisotopic (exact) mass is 263 g/mol. The first-order valence-corrected chi connectivity index (χ1v) is 6.89. The van der Waals surface area contributed by atoms with E-state index in [1.165, 1.54) is 31.9 Å². The Balaban J connectivity index is 1.89. The minimum Gasteiger partial charge on any atom is -0.394 e. The van der Waals surface area contributed by atoms with Gasteiger partial charge in [-0.25, -0.2) is 4.98 Å². The van der Waals surface area contributed by atoms with Crippen LogP contribution in [0.5, 0.6) is 0 Å². The Labute approximate surface area is 113 Å². The highest BCUT2D eigenvalue weighted by Gasteiger charge is 2.21. The van der Waals surface area contributed by atoms with Gasteiger partial charge < -0.3 is 10.4 Å². The van der Waals surface area contributed by atoms with Crippen molar-refractivity contribution in [1.29, 1.82) is 0 Å². The van der Waals surface area contributed by atoms with Gasteiger partial charge in [-0.15, -0.1) is 0 Å². The summed E-state index contributed by atoms with van der Waals surface area (Å²) in [5, 5.41) is 12.2. The van der Waals surface area contributed by atoms with Gasteiger partial charge in [0.05, 0.1) is 24.5 Å². The van der Waals surface area contributed by atoms with Crippen LogP contribution in [0.3, 0.4) is 0 Å². The highest BCUT2D eigenvalue weighted by molar-refractivity contribution is 5.92. The number of nitrogens with zero attached hydrogens (tertiary/aromatic N) is 2. The van der Waals surface area contributed by atoms with Crippen molar-refractivity contribution in [2.75, 3.05) is 6.61 Å². The Hall–Kier alpha value is -1.49. The number of aliphatic hydroxyl groups is 1. The Bertz CT molecular complexity index is 413. The number of hydrogen-bond donors (Lipinski definition) is 2. The number of amides is 1. The summed E-state index contributed by atoms with van der Waals surface area (Å²) < 4.78 is 0. The largest absolute Gasteiger partial charge is 0.394 e. The summed E-state index contributed by atoms with van der Waals surface area (Å²) in [6.07, 6.45) is 8.82. The van der Waals surface area contributed by atoms with E-state index in [0.717, 1.165) is 12.1 Å². The normalized spacial score (nSPS) is 17.4. The summed E-state index contributed by atoms with van der Waals surface area (Å²) in [5.41, 5.74) is 1.08. The van der Waals surface area contributed by atoms with E-state index in [1.54, 1.807) is 6.20 Å². The molecule has 104 valence electrons. The van der Waals surface area contributed by atoms with Gasteiger partial charge in [-0.05, 0) is 19.3 Å². The molecule has 1 aliphatic carbocycles. The molecule has 2 rings (SSSR count). The van der Waals surface area contributed by atoms with Gasteiger partial charge in [-0.2, -0.15) is 0 Å². The molecule has 1 heterocycles. The number of carbonyl (C=O) groups excluding carboxylic acids is 1. The second-order valence-corrected chi connectivity index (χ2v) is 5.28. The minimum atomic E-state index is -0.260. The molecule has 0 aliphatic heterocycles. The number of aromatic nitrogens is 2. The summed E-state index contributed by atoms with van der Waals surface area (Å²) in [7, 11) is 0. The standard InChI is InChI=1S/C14H21N3O2/c1-10-7-16-13(8-15-10)14(19)17-12(9-18)6-11-4-2-3-5-11/h7-8,11-12,18H,2-6,9H2,1H3,(H,17,19)/t12-/m0/s1. The average molecular weight is 263 g/mol. The van der Waals surface area contributed by atoms with E-state index in [2.05, 4.69) is 15.3 Å². The zero-order valence-electron chi connectivity index (χ0n) is 11.3. The molecular formula is C14H21N3O2. The number of aliphatic hydroxyl groups excluding tert-OH is 1. The van der Waals surface area contributed by atoms with Crippen molar-refractivity contribution in [3.05, 3.63) is 23.8 Å². The maximum atomic E-state index is 12.0. The van der Waals surface area contributed by atoms with Crippen LogP contribution in [0, 0.1) is 12.8 Å². The first kappa shape index (κ1) is 13.9. The third-order valence-electron chi connectivity index (χ3n) is 3.66. The number of aryl methyl sites for hydroxylation is 1. The summed E-state index contributed by atoms with van der Waals surface area (Å²) in [5.74, 6) is 0.367. The number of hydrogen-bond acceptors (Lipinski definition) is 4. The predicted octanol–water partition coefficient (Wildman–Crippen LogP) is 1.46. The summed E-state index contributed by atoms with van der Waals surface area (Å²) in [4.78, 5) is 20.1. The quantitative estimate of drug-likeness (QED) is 0.843. The summed E-state index contributed by atoms with van der Waals surface area (Å²) in [6, 6.07) is -0.182. The first-order chi connectivity index (χ1) is 9.19. The summed E-state index contributed by atoms with van der Waals surface area (Å²) >= 11 is 0. The Kier molecular flexibility index (Phi) is 4.85. The molecule has 1 aromatic rings. The molecule has 0 bridgehead atoms. The lowest BCUT2D eigenvalue weighted by atomic mass is 9.99. The zero-order valence-corrected chi connectivity index (χ0v) is 11.3. The number of carbonyl (C=O) groups is 1. The third kappa shape index (κ3) is 3.99. The van der Waals surface area contributed by atoms with E-state index in [4.69, 9.17) is 0 Å². The van der Waals surface area contributed by atoms with Gasteiger partial charge in [0.2, 0.25) is 0 Å². The molecule has 5 heteroatoms. The molecule has 2 N–H and O–H groups in total. The van der Waals surface area contributed by atoms with Crippen LogP contribution in [-0.4, -0.2) is 33.6 Å². The molecule has 1 atom stereocenters. The molecule has 0 spiro atoms. The Morgan fingerprint density at radius 1 is 1.42 bits per heavy atom. The number of rotatable bonds is 5. The molecule has 1 amide bonds. The van der Waals surface area contributed by atoms with Crippen LogP contribution in [0.4, 0.5) is 0 Å². The lowest BCUT2D eigenvalue weighted by Crippen LogP contribution is -2.39. The van der Waals surface area contributed by atoms with Crippen LogP contribution in [0.2, 0.25) is 0 Å². The van der Waals surface area contributed by atoms with Crippen molar-refractivity contribution in [3.63, 3.8) is 0 Å². The number of nitrogens with one attached hydrogen (secondary N) is 1.